The number of hydrogen-bond acceptors (Lipinski definition) is 2. The van der Waals surface area contributed by atoms with Gasteiger partial charge >= 0.3 is 0 Å². The van der Waals surface area contributed by atoms with E-state index in [-0.39, 0.29) is 18.0 Å². The summed E-state index contributed by atoms with van der Waals surface area (Å²) in [5, 5.41) is 0. The molecule has 0 spiro atoms. The molecule has 0 amide bonds. The maximum absolute atomic E-state index is 12.7. The minimum atomic E-state index is -0.318. The Kier molecular flexibility index (Phi) is 3.63. The summed E-state index contributed by atoms with van der Waals surface area (Å²) in [6, 6.07) is 12.3. The van der Waals surface area contributed by atoms with Gasteiger partial charge in [-0.05, 0) is 17.7 Å². The molecule has 0 aromatic heterocycles. The molecule has 0 unspecified atom stereocenters. The van der Waals surface area contributed by atoms with Crippen LogP contribution in [0.1, 0.15) is 26.3 Å². The van der Waals surface area contributed by atoms with Crippen LogP contribution in [0.25, 0.3) is 0 Å². The van der Waals surface area contributed by atoms with Crippen molar-refractivity contribution in [3.8, 4) is 0 Å². The van der Waals surface area contributed by atoms with Gasteiger partial charge in [0, 0.05) is 17.5 Å². The number of benzene rings is 2. The van der Waals surface area contributed by atoms with Crippen LogP contribution >= 0.6 is 0 Å². The Labute approximate surface area is 104 Å². The average molecular weight is 242 g/mol. The molecule has 0 bridgehead atoms. The van der Waals surface area contributed by atoms with Crippen LogP contribution in [0.15, 0.2) is 48.5 Å². The van der Waals surface area contributed by atoms with Crippen molar-refractivity contribution in [3.05, 3.63) is 71.0 Å². The molecule has 0 aliphatic rings. The highest BCUT2D eigenvalue weighted by molar-refractivity contribution is 5.97. The number of hydrogen-bond donors (Lipinski definition) is 0. The Bertz CT molecular complexity index is 556. The fourth-order valence-corrected chi connectivity index (χ4v) is 1.64. The van der Waals surface area contributed by atoms with Crippen molar-refractivity contribution in [1.82, 2.24) is 0 Å². The molecule has 2 nitrogen and oxygen atoms in total. The van der Waals surface area contributed by atoms with Crippen LogP contribution < -0.4 is 0 Å². The number of aldehydes is 1. The van der Waals surface area contributed by atoms with Crippen LogP contribution in [0.3, 0.4) is 0 Å². The summed E-state index contributed by atoms with van der Waals surface area (Å²) in [5.74, 6) is -0.374. The summed E-state index contributed by atoms with van der Waals surface area (Å²) >= 11 is 0. The third kappa shape index (κ3) is 2.88. The lowest BCUT2D eigenvalue weighted by Crippen LogP contribution is -2.03. The summed E-state index contributed by atoms with van der Waals surface area (Å²) in [5.41, 5.74) is 1.85. The number of rotatable bonds is 4. The Morgan fingerprint density at radius 3 is 2.17 bits per heavy atom. The van der Waals surface area contributed by atoms with E-state index in [4.69, 9.17) is 0 Å². The first-order valence-electron chi connectivity index (χ1n) is 5.52. The highest BCUT2D eigenvalue weighted by atomic mass is 19.1. The predicted octanol–water partition coefficient (Wildman–Crippen LogP) is 3.06. The number of ketones is 1. The fraction of sp³-hybridized carbons (Fsp3) is 0.0667. The van der Waals surface area contributed by atoms with Gasteiger partial charge in [0.15, 0.2) is 5.78 Å². The van der Waals surface area contributed by atoms with E-state index < -0.39 is 0 Å². The van der Waals surface area contributed by atoms with Gasteiger partial charge in [-0.15, -0.1) is 0 Å². The van der Waals surface area contributed by atoms with Gasteiger partial charge in [0.1, 0.15) is 12.1 Å². The molecule has 0 saturated carbocycles. The second-order valence-corrected chi connectivity index (χ2v) is 3.97. The molecular formula is C15H11FO2. The van der Waals surface area contributed by atoms with Crippen LogP contribution in [-0.4, -0.2) is 12.1 Å². The van der Waals surface area contributed by atoms with E-state index in [1.165, 1.54) is 12.1 Å². The Morgan fingerprint density at radius 2 is 1.61 bits per heavy atom. The number of halogens is 1. The first-order chi connectivity index (χ1) is 8.69. The van der Waals surface area contributed by atoms with Crippen molar-refractivity contribution in [1.29, 1.82) is 0 Å². The van der Waals surface area contributed by atoms with E-state index in [9.17, 15) is 14.0 Å². The van der Waals surface area contributed by atoms with Crippen LogP contribution in [0.2, 0.25) is 0 Å². The van der Waals surface area contributed by atoms with E-state index in [1.54, 1.807) is 36.4 Å². The second-order valence-electron chi connectivity index (χ2n) is 3.97. The van der Waals surface area contributed by atoms with E-state index in [2.05, 4.69) is 0 Å². The monoisotopic (exact) mass is 242 g/mol. The molecule has 0 N–H and O–H groups in total. The minimum absolute atomic E-state index is 0.0564. The molecule has 0 heterocycles. The standard InChI is InChI=1S/C15H11FO2/c16-14-7-3-11(4-8-14)9-15(18)13-5-1-12(10-17)2-6-13/h1-8,10H,9H2. The molecule has 2 aromatic carbocycles. The lowest BCUT2D eigenvalue weighted by molar-refractivity contribution is 0.0992. The molecule has 2 aromatic rings. The number of Topliss-reactive ketones (excluding diaryl/α,β-unsaturated/α-hetero) is 1. The molecule has 0 fully saturated rings. The molecule has 3 heteroatoms. The lowest BCUT2D eigenvalue weighted by atomic mass is 10.0. The molecular weight excluding hydrogens is 231 g/mol. The topological polar surface area (TPSA) is 34.1 Å². The molecule has 0 radical (unpaired) electrons. The quantitative estimate of drug-likeness (QED) is 0.610. The summed E-state index contributed by atoms with van der Waals surface area (Å²) in [4.78, 5) is 22.4. The third-order valence-corrected chi connectivity index (χ3v) is 2.65. The van der Waals surface area contributed by atoms with Gasteiger partial charge in [0.05, 0.1) is 0 Å². The average Bonchev–Trinajstić information content (AvgIpc) is 2.41. The van der Waals surface area contributed by atoms with Gasteiger partial charge in [0.25, 0.3) is 0 Å². The van der Waals surface area contributed by atoms with Crippen LogP contribution in [0.5, 0.6) is 0 Å². The number of carbonyl (C=O) groups is 2. The first-order valence-corrected chi connectivity index (χ1v) is 5.52. The van der Waals surface area contributed by atoms with Crippen molar-refractivity contribution in [2.24, 2.45) is 0 Å². The summed E-state index contributed by atoms with van der Waals surface area (Å²) in [7, 11) is 0. The van der Waals surface area contributed by atoms with Crippen LogP contribution in [0.4, 0.5) is 4.39 Å². The molecule has 0 aliphatic heterocycles. The maximum Gasteiger partial charge on any atom is 0.167 e. The fourth-order valence-electron chi connectivity index (χ4n) is 1.64. The van der Waals surface area contributed by atoms with Gasteiger partial charge in [0.2, 0.25) is 0 Å². The van der Waals surface area contributed by atoms with Crippen molar-refractivity contribution in [2.45, 2.75) is 6.42 Å². The molecule has 18 heavy (non-hydrogen) atoms. The summed E-state index contributed by atoms with van der Waals surface area (Å²) in [6.07, 6.45) is 0.953. The molecule has 90 valence electrons. The van der Waals surface area contributed by atoms with Gasteiger partial charge < -0.3 is 0 Å². The van der Waals surface area contributed by atoms with E-state index >= 15 is 0 Å². The molecule has 2 rings (SSSR count). The van der Waals surface area contributed by atoms with Crippen molar-refractivity contribution in [3.63, 3.8) is 0 Å². The van der Waals surface area contributed by atoms with Crippen molar-refractivity contribution < 1.29 is 14.0 Å². The van der Waals surface area contributed by atoms with Crippen molar-refractivity contribution >= 4 is 12.1 Å². The molecule has 0 saturated heterocycles. The molecule has 0 aliphatic carbocycles. The molecule has 0 atom stereocenters. The van der Waals surface area contributed by atoms with Gasteiger partial charge in [-0.2, -0.15) is 0 Å². The predicted molar refractivity (Wildman–Crippen MR) is 66.3 cm³/mol. The largest absolute Gasteiger partial charge is 0.298 e. The second kappa shape index (κ2) is 5.36. The highest BCUT2D eigenvalue weighted by Crippen LogP contribution is 2.09. The van der Waals surface area contributed by atoms with Crippen LogP contribution in [-0.2, 0) is 6.42 Å². The number of carbonyl (C=O) groups excluding carboxylic acids is 2. The third-order valence-electron chi connectivity index (χ3n) is 2.65. The van der Waals surface area contributed by atoms with Crippen molar-refractivity contribution in [2.75, 3.05) is 0 Å². The Morgan fingerprint density at radius 1 is 1.00 bits per heavy atom. The zero-order chi connectivity index (χ0) is 13.0. The van der Waals surface area contributed by atoms with E-state index in [1.807, 2.05) is 0 Å². The zero-order valence-corrected chi connectivity index (χ0v) is 9.60. The van der Waals surface area contributed by atoms with Gasteiger partial charge in [-0.1, -0.05) is 36.4 Å². The maximum atomic E-state index is 12.7. The normalized spacial score (nSPS) is 10.1. The first kappa shape index (κ1) is 12.2. The van der Waals surface area contributed by atoms with E-state index in [0.29, 0.717) is 11.1 Å². The van der Waals surface area contributed by atoms with Gasteiger partial charge in [-0.3, -0.25) is 9.59 Å². The van der Waals surface area contributed by atoms with E-state index in [0.717, 1.165) is 11.8 Å². The summed E-state index contributed by atoms with van der Waals surface area (Å²) < 4.78 is 12.7. The zero-order valence-electron chi connectivity index (χ0n) is 9.60. The Hall–Kier alpha value is -2.29. The van der Waals surface area contributed by atoms with Gasteiger partial charge in [-0.25, -0.2) is 4.39 Å². The SMILES string of the molecule is O=Cc1ccc(C(=O)Cc2ccc(F)cc2)cc1. The summed E-state index contributed by atoms with van der Waals surface area (Å²) in [6.45, 7) is 0. The smallest absolute Gasteiger partial charge is 0.167 e. The minimum Gasteiger partial charge on any atom is -0.298 e. The van der Waals surface area contributed by atoms with Crippen LogP contribution in [0, 0.1) is 5.82 Å². The Balaban J connectivity index is 2.11. The highest BCUT2D eigenvalue weighted by Gasteiger charge is 2.07. The lowest BCUT2D eigenvalue weighted by Gasteiger charge is -2.02.